The van der Waals surface area contributed by atoms with Crippen LogP contribution in [0.2, 0.25) is 0 Å². The largest absolute Gasteiger partial charge is 0.493 e. The molecule has 0 bridgehead atoms. The van der Waals surface area contributed by atoms with Crippen molar-refractivity contribution in [1.82, 2.24) is 9.88 Å². The van der Waals surface area contributed by atoms with Crippen LogP contribution in [0, 0.1) is 6.92 Å². The maximum Gasteiger partial charge on any atom is 0.258 e. The van der Waals surface area contributed by atoms with E-state index in [9.17, 15) is 14.4 Å². The summed E-state index contributed by atoms with van der Waals surface area (Å²) in [4.78, 5) is 46.3. The Hall–Kier alpha value is -4.40. The SMILES string of the molecule is COc1cc(C)ccc1Oc1ccc(NC(=O)CN2C(=O)c3ccccc3N3C(=O)CCC23C)cn1. The maximum absolute atomic E-state index is 13.3. The van der Waals surface area contributed by atoms with Gasteiger partial charge in [-0.2, -0.15) is 0 Å². The molecule has 0 spiro atoms. The van der Waals surface area contributed by atoms with Gasteiger partial charge in [-0.15, -0.1) is 0 Å². The number of aromatic nitrogens is 1. The first kappa shape index (κ1) is 23.3. The summed E-state index contributed by atoms with van der Waals surface area (Å²) in [6.07, 6.45) is 2.25. The summed E-state index contributed by atoms with van der Waals surface area (Å²) in [5.41, 5.74) is 1.60. The fourth-order valence-corrected chi connectivity index (χ4v) is 4.77. The lowest BCUT2D eigenvalue weighted by Crippen LogP contribution is -2.63. The average molecular weight is 487 g/mol. The number of rotatable bonds is 6. The number of hydrogen-bond donors (Lipinski definition) is 1. The van der Waals surface area contributed by atoms with Gasteiger partial charge in [0.1, 0.15) is 12.2 Å². The zero-order chi connectivity index (χ0) is 25.4. The highest BCUT2D eigenvalue weighted by atomic mass is 16.5. The van der Waals surface area contributed by atoms with E-state index in [2.05, 4.69) is 10.3 Å². The van der Waals surface area contributed by atoms with Crippen molar-refractivity contribution in [3.8, 4) is 17.4 Å². The van der Waals surface area contributed by atoms with Gasteiger partial charge in [-0.1, -0.05) is 18.2 Å². The molecule has 1 fully saturated rings. The fourth-order valence-electron chi connectivity index (χ4n) is 4.77. The summed E-state index contributed by atoms with van der Waals surface area (Å²) in [7, 11) is 1.57. The van der Waals surface area contributed by atoms with Crippen LogP contribution in [-0.4, -0.2) is 46.9 Å². The minimum atomic E-state index is -0.900. The smallest absolute Gasteiger partial charge is 0.258 e. The number of nitrogens with one attached hydrogen (secondary N) is 1. The Morgan fingerprint density at radius 1 is 1.11 bits per heavy atom. The average Bonchev–Trinajstić information content (AvgIpc) is 3.19. The van der Waals surface area contributed by atoms with Crippen LogP contribution in [0.3, 0.4) is 0 Å². The molecule has 9 nitrogen and oxygen atoms in total. The van der Waals surface area contributed by atoms with Crippen molar-refractivity contribution in [2.24, 2.45) is 0 Å². The number of methoxy groups -OCH3 is 1. The molecule has 0 aliphatic carbocycles. The van der Waals surface area contributed by atoms with Crippen LogP contribution in [-0.2, 0) is 9.59 Å². The van der Waals surface area contributed by atoms with Gasteiger partial charge in [-0.05, 0) is 56.2 Å². The number of pyridine rings is 1. The third-order valence-corrected chi connectivity index (χ3v) is 6.60. The van der Waals surface area contributed by atoms with Crippen molar-refractivity contribution >= 4 is 29.1 Å². The Kier molecular flexibility index (Phi) is 5.83. The lowest BCUT2D eigenvalue weighted by atomic mass is 9.98. The summed E-state index contributed by atoms with van der Waals surface area (Å²) in [5, 5.41) is 2.78. The summed E-state index contributed by atoms with van der Waals surface area (Å²) in [5.74, 6) is 0.732. The molecule has 0 radical (unpaired) electrons. The van der Waals surface area contributed by atoms with Crippen molar-refractivity contribution in [2.45, 2.75) is 32.4 Å². The first-order chi connectivity index (χ1) is 17.3. The number of anilines is 2. The topological polar surface area (TPSA) is 101 Å². The molecule has 1 unspecified atom stereocenters. The molecule has 2 aliphatic rings. The first-order valence-corrected chi connectivity index (χ1v) is 11.6. The molecule has 1 N–H and O–H groups in total. The van der Waals surface area contributed by atoms with E-state index in [1.807, 2.05) is 26.0 Å². The molecule has 1 aromatic heterocycles. The summed E-state index contributed by atoms with van der Waals surface area (Å²) >= 11 is 0. The van der Waals surface area contributed by atoms with Crippen LogP contribution >= 0.6 is 0 Å². The van der Waals surface area contributed by atoms with E-state index < -0.39 is 5.66 Å². The van der Waals surface area contributed by atoms with Gasteiger partial charge in [-0.25, -0.2) is 4.98 Å². The molecule has 184 valence electrons. The Balaban J connectivity index is 1.30. The predicted molar refractivity (Wildman–Crippen MR) is 133 cm³/mol. The first-order valence-electron chi connectivity index (χ1n) is 11.6. The second-order valence-corrected chi connectivity index (χ2v) is 9.04. The van der Waals surface area contributed by atoms with Gasteiger partial charge in [0.15, 0.2) is 11.5 Å². The monoisotopic (exact) mass is 486 g/mol. The Labute approximate surface area is 208 Å². The molecule has 2 aliphatic heterocycles. The number of ether oxygens (including phenoxy) is 2. The van der Waals surface area contributed by atoms with E-state index in [1.54, 1.807) is 54.5 Å². The fraction of sp³-hybridized carbons (Fsp3) is 0.259. The number of fused-ring (bicyclic) bond motifs is 3. The third kappa shape index (κ3) is 4.02. The van der Waals surface area contributed by atoms with Gasteiger partial charge in [-0.3, -0.25) is 19.3 Å². The summed E-state index contributed by atoms with van der Waals surface area (Å²) in [6, 6.07) is 15.9. The van der Waals surface area contributed by atoms with Crippen LogP contribution in [0.15, 0.2) is 60.8 Å². The summed E-state index contributed by atoms with van der Waals surface area (Å²) in [6.45, 7) is 3.58. The quantitative estimate of drug-likeness (QED) is 0.562. The van der Waals surface area contributed by atoms with E-state index in [0.717, 1.165) is 5.56 Å². The molecule has 3 heterocycles. The van der Waals surface area contributed by atoms with E-state index in [-0.39, 0.29) is 24.3 Å². The van der Waals surface area contributed by atoms with E-state index >= 15 is 0 Å². The van der Waals surface area contributed by atoms with Crippen LogP contribution in [0.25, 0.3) is 0 Å². The standard InChI is InChI=1S/C27H26N4O5/c1-17-8-10-21(22(14-17)35-3)36-24-11-9-18(15-28-24)29-23(32)16-30-26(34)19-6-4-5-7-20(19)31-25(33)12-13-27(30,31)2/h4-11,14-15H,12-13,16H2,1-3H3,(H,29,32). The van der Waals surface area contributed by atoms with E-state index in [4.69, 9.17) is 9.47 Å². The van der Waals surface area contributed by atoms with Crippen molar-refractivity contribution in [3.05, 3.63) is 71.9 Å². The molecule has 5 rings (SSSR count). The zero-order valence-electron chi connectivity index (χ0n) is 20.3. The van der Waals surface area contributed by atoms with E-state index in [0.29, 0.717) is 47.2 Å². The second kappa shape index (κ2) is 8.99. The molecule has 3 aromatic rings. The molecule has 3 amide bonds. The van der Waals surface area contributed by atoms with E-state index in [1.165, 1.54) is 11.1 Å². The number of aryl methyl sites for hydroxylation is 1. The van der Waals surface area contributed by atoms with Gasteiger partial charge < -0.3 is 19.7 Å². The summed E-state index contributed by atoms with van der Waals surface area (Å²) < 4.78 is 11.2. The zero-order valence-corrected chi connectivity index (χ0v) is 20.3. The highest BCUT2D eigenvalue weighted by Crippen LogP contribution is 2.43. The Morgan fingerprint density at radius 3 is 2.67 bits per heavy atom. The lowest BCUT2D eigenvalue weighted by Gasteiger charge is -2.48. The molecule has 9 heteroatoms. The molecule has 2 aromatic carbocycles. The van der Waals surface area contributed by atoms with Crippen molar-refractivity contribution < 1.29 is 23.9 Å². The van der Waals surface area contributed by atoms with Crippen molar-refractivity contribution in [1.29, 1.82) is 0 Å². The van der Waals surface area contributed by atoms with Gasteiger partial charge in [0.25, 0.3) is 5.91 Å². The number of nitrogens with zero attached hydrogens (tertiary/aromatic N) is 3. The van der Waals surface area contributed by atoms with Crippen LogP contribution in [0.4, 0.5) is 11.4 Å². The molecular weight excluding hydrogens is 460 g/mol. The van der Waals surface area contributed by atoms with Gasteiger partial charge in [0, 0.05) is 12.5 Å². The number of benzene rings is 2. The van der Waals surface area contributed by atoms with Gasteiger partial charge in [0.05, 0.1) is 30.2 Å². The molecule has 0 saturated carbocycles. The third-order valence-electron chi connectivity index (χ3n) is 6.60. The number of carbonyl (C=O) groups excluding carboxylic acids is 3. The molecule has 1 atom stereocenters. The van der Waals surface area contributed by atoms with Crippen molar-refractivity contribution in [3.63, 3.8) is 0 Å². The molecular formula is C27H26N4O5. The van der Waals surface area contributed by atoms with Gasteiger partial charge in [0.2, 0.25) is 17.7 Å². The van der Waals surface area contributed by atoms with Crippen LogP contribution in [0.5, 0.6) is 17.4 Å². The normalized spacial score (nSPS) is 18.5. The maximum atomic E-state index is 13.3. The van der Waals surface area contributed by atoms with Crippen LogP contribution < -0.4 is 19.7 Å². The highest BCUT2D eigenvalue weighted by molar-refractivity contribution is 6.11. The number of carbonyl (C=O) groups is 3. The molecule has 1 saturated heterocycles. The molecule has 36 heavy (non-hydrogen) atoms. The number of para-hydroxylation sites is 1. The van der Waals surface area contributed by atoms with Gasteiger partial charge >= 0.3 is 0 Å². The Morgan fingerprint density at radius 2 is 1.92 bits per heavy atom. The number of amides is 3. The highest BCUT2D eigenvalue weighted by Gasteiger charge is 2.53. The van der Waals surface area contributed by atoms with Crippen LogP contribution in [0.1, 0.15) is 35.7 Å². The minimum Gasteiger partial charge on any atom is -0.493 e. The van der Waals surface area contributed by atoms with Crippen molar-refractivity contribution in [2.75, 3.05) is 23.9 Å². The minimum absolute atomic E-state index is 0.0622. The second-order valence-electron chi connectivity index (χ2n) is 9.04. The Bertz CT molecular complexity index is 1360. The predicted octanol–water partition coefficient (Wildman–Crippen LogP) is 4.13. The lowest BCUT2D eigenvalue weighted by molar-refractivity contribution is -0.120. The number of hydrogen-bond acceptors (Lipinski definition) is 6.